The Balaban J connectivity index is 2.06. The second kappa shape index (κ2) is 6.21. The molecule has 1 fully saturated rings. The quantitative estimate of drug-likeness (QED) is 0.692. The molecule has 0 saturated heterocycles. The Morgan fingerprint density at radius 1 is 1.43 bits per heavy atom. The summed E-state index contributed by atoms with van der Waals surface area (Å²) in [4.78, 5) is 4.81. The number of hydrogen-bond donors (Lipinski definition) is 0. The van der Waals surface area contributed by atoms with E-state index in [0.29, 0.717) is 6.04 Å². The van der Waals surface area contributed by atoms with E-state index in [0.717, 1.165) is 16.6 Å². The van der Waals surface area contributed by atoms with E-state index in [-0.39, 0.29) is 5.38 Å². The van der Waals surface area contributed by atoms with Crippen LogP contribution in [0, 0.1) is 6.92 Å². The summed E-state index contributed by atoms with van der Waals surface area (Å²) >= 11 is 8.52. The molecule has 3 unspecified atom stereocenters. The summed E-state index contributed by atoms with van der Waals surface area (Å²) in [5.41, 5.74) is 3.67. The van der Waals surface area contributed by atoms with Gasteiger partial charge >= 0.3 is 0 Å². The van der Waals surface area contributed by atoms with Crippen LogP contribution in [0.4, 0.5) is 0 Å². The van der Waals surface area contributed by atoms with Crippen molar-refractivity contribution < 1.29 is 0 Å². The van der Waals surface area contributed by atoms with E-state index in [4.69, 9.17) is 16.6 Å². The Labute approximate surface area is 136 Å². The van der Waals surface area contributed by atoms with Crippen LogP contribution in [0.1, 0.15) is 55.9 Å². The zero-order chi connectivity index (χ0) is 15.0. The molecular formula is C17H23ClN2S. The van der Waals surface area contributed by atoms with E-state index in [1.165, 1.54) is 36.1 Å². The van der Waals surface area contributed by atoms with Gasteiger partial charge in [-0.25, -0.2) is 4.98 Å². The SMILES string of the molecule is CCSC1CCC(n2c(C(C)Cl)nc3cccc(C)c32)C1. The van der Waals surface area contributed by atoms with Gasteiger partial charge in [-0.2, -0.15) is 11.8 Å². The first-order valence-corrected chi connectivity index (χ1v) is 9.33. The molecule has 1 aliphatic rings. The number of aromatic nitrogens is 2. The van der Waals surface area contributed by atoms with Crippen molar-refractivity contribution in [3.05, 3.63) is 29.6 Å². The number of alkyl halides is 1. The molecule has 2 aromatic rings. The van der Waals surface area contributed by atoms with Crippen LogP contribution in [-0.4, -0.2) is 20.6 Å². The lowest BCUT2D eigenvalue weighted by Gasteiger charge is -2.19. The fourth-order valence-corrected chi connectivity index (χ4v) is 4.81. The van der Waals surface area contributed by atoms with Gasteiger partial charge in [0.1, 0.15) is 5.82 Å². The predicted molar refractivity (Wildman–Crippen MR) is 93.5 cm³/mol. The van der Waals surface area contributed by atoms with Crippen LogP contribution in [0.2, 0.25) is 0 Å². The predicted octanol–water partition coefficient (Wildman–Crippen LogP) is 5.49. The highest BCUT2D eigenvalue weighted by molar-refractivity contribution is 7.99. The van der Waals surface area contributed by atoms with Crippen molar-refractivity contribution in [3.8, 4) is 0 Å². The van der Waals surface area contributed by atoms with Gasteiger partial charge in [0.05, 0.1) is 16.4 Å². The number of nitrogens with zero attached hydrogens (tertiary/aromatic N) is 2. The Kier molecular flexibility index (Phi) is 4.51. The maximum atomic E-state index is 6.42. The first-order valence-electron chi connectivity index (χ1n) is 7.85. The van der Waals surface area contributed by atoms with E-state index < -0.39 is 0 Å². The van der Waals surface area contributed by atoms with Crippen LogP contribution in [-0.2, 0) is 0 Å². The van der Waals surface area contributed by atoms with Crippen LogP contribution in [0.15, 0.2) is 18.2 Å². The average molecular weight is 323 g/mol. The minimum absolute atomic E-state index is 0.0466. The van der Waals surface area contributed by atoms with Crippen LogP contribution < -0.4 is 0 Å². The van der Waals surface area contributed by atoms with Crippen molar-refractivity contribution in [3.63, 3.8) is 0 Å². The molecule has 0 amide bonds. The zero-order valence-electron chi connectivity index (χ0n) is 13.0. The molecule has 114 valence electrons. The molecule has 1 aliphatic carbocycles. The molecule has 0 bridgehead atoms. The number of fused-ring (bicyclic) bond motifs is 1. The van der Waals surface area contributed by atoms with Crippen molar-refractivity contribution in [1.82, 2.24) is 9.55 Å². The molecule has 0 N–H and O–H groups in total. The molecule has 0 aliphatic heterocycles. The van der Waals surface area contributed by atoms with E-state index in [1.54, 1.807) is 0 Å². The lowest BCUT2D eigenvalue weighted by molar-refractivity contribution is 0.511. The monoisotopic (exact) mass is 322 g/mol. The highest BCUT2D eigenvalue weighted by Crippen LogP contribution is 2.41. The zero-order valence-corrected chi connectivity index (χ0v) is 14.5. The van der Waals surface area contributed by atoms with E-state index in [2.05, 4.69) is 48.4 Å². The second-order valence-corrected chi connectivity index (χ2v) is 8.17. The van der Waals surface area contributed by atoms with Gasteiger partial charge in [0, 0.05) is 11.3 Å². The van der Waals surface area contributed by atoms with E-state index in [9.17, 15) is 0 Å². The number of aryl methyl sites for hydroxylation is 1. The molecule has 0 spiro atoms. The molecule has 0 radical (unpaired) electrons. The molecule has 3 rings (SSSR count). The minimum atomic E-state index is -0.0466. The maximum absolute atomic E-state index is 6.42. The first-order chi connectivity index (χ1) is 10.1. The van der Waals surface area contributed by atoms with Crippen molar-refractivity contribution in [1.29, 1.82) is 0 Å². The number of para-hydroxylation sites is 1. The van der Waals surface area contributed by atoms with Crippen molar-refractivity contribution in [2.45, 2.75) is 56.7 Å². The van der Waals surface area contributed by atoms with E-state index >= 15 is 0 Å². The molecule has 2 nitrogen and oxygen atoms in total. The normalized spacial score (nSPS) is 23.8. The molecule has 1 aromatic carbocycles. The molecular weight excluding hydrogens is 300 g/mol. The van der Waals surface area contributed by atoms with Crippen LogP contribution >= 0.6 is 23.4 Å². The summed E-state index contributed by atoms with van der Waals surface area (Å²) in [6.45, 7) is 6.46. The lowest BCUT2D eigenvalue weighted by Crippen LogP contribution is -2.11. The summed E-state index contributed by atoms with van der Waals surface area (Å²) in [7, 11) is 0. The fraction of sp³-hybridized carbons (Fsp3) is 0.588. The number of hydrogen-bond acceptors (Lipinski definition) is 2. The van der Waals surface area contributed by atoms with Gasteiger partial charge < -0.3 is 4.57 Å². The summed E-state index contributed by atoms with van der Waals surface area (Å²) in [6, 6.07) is 6.92. The van der Waals surface area contributed by atoms with Crippen molar-refractivity contribution >= 4 is 34.4 Å². The topological polar surface area (TPSA) is 17.8 Å². The van der Waals surface area contributed by atoms with E-state index in [1.807, 2.05) is 6.92 Å². The van der Waals surface area contributed by atoms with Crippen LogP contribution in [0.25, 0.3) is 11.0 Å². The van der Waals surface area contributed by atoms with Crippen LogP contribution in [0.5, 0.6) is 0 Å². The number of imidazole rings is 1. The Bertz CT molecular complexity index is 635. The average Bonchev–Trinajstić information content (AvgIpc) is 3.03. The smallest absolute Gasteiger partial charge is 0.127 e. The second-order valence-electron chi connectivity index (χ2n) is 5.94. The van der Waals surface area contributed by atoms with Gasteiger partial charge in [0.25, 0.3) is 0 Å². The molecule has 1 aromatic heterocycles. The first kappa shape index (κ1) is 15.2. The minimum Gasteiger partial charge on any atom is -0.323 e. The molecule has 3 atom stereocenters. The summed E-state index contributed by atoms with van der Waals surface area (Å²) < 4.78 is 2.44. The molecule has 21 heavy (non-hydrogen) atoms. The molecule has 1 saturated carbocycles. The number of rotatable bonds is 4. The summed E-state index contributed by atoms with van der Waals surface area (Å²) in [5, 5.41) is 0.745. The lowest BCUT2D eigenvalue weighted by atomic mass is 10.1. The number of benzene rings is 1. The molecule has 4 heteroatoms. The van der Waals surface area contributed by atoms with Gasteiger partial charge in [-0.15, -0.1) is 11.6 Å². The Morgan fingerprint density at radius 3 is 2.95 bits per heavy atom. The maximum Gasteiger partial charge on any atom is 0.127 e. The largest absolute Gasteiger partial charge is 0.323 e. The van der Waals surface area contributed by atoms with Gasteiger partial charge in [0.2, 0.25) is 0 Å². The molecule has 1 heterocycles. The van der Waals surface area contributed by atoms with Gasteiger partial charge in [0.15, 0.2) is 0 Å². The third kappa shape index (κ3) is 2.83. The standard InChI is InChI=1S/C17H23ClN2S/c1-4-21-14-9-8-13(10-14)20-16-11(2)6-5-7-15(16)19-17(20)12(3)18/h5-7,12-14H,4,8-10H2,1-3H3. The Hall–Kier alpha value is -0.670. The van der Waals surface area contributed by atoms with Crippen LogP contribution in [0.3, 0.4) is 0 Å². The van der Waals surface area contributed by atoms with Gasteiger partial charge in [-0.3, -0.25) is 0 Å². The van der Waals surface area contributed by atoms with Crippen molar-refractivity contribution in [2.24, 2.45) is 0 Å². The highest BCUT2D eigenvalue weighted by Gasteiger charge is 2.30. The highest BCUT2D eigenvalue weighted by atomic mass is 35.5. The van der Waals surface area contributed by atoms with Gasteiger partial charge in [-0.05, 0) is 50.5 Å². The number of halogens is 1. The number of thioether (sulfide) groups is 1. The summed E-state index contributed by atoms with van der Waals surface area (Å²) in [6.07, 6.45) is 3.80. The third-order valence-electron chi connectivity index (χ3n) is 4.42. The van der Waals surface area contributed by atoms with Crippen molar-refractivity contribution in [2.75, 3.05) is 5.75 Å². The van der Waals surface area contributed by atoms with Gasteiger partial charge in [-0.1, -0.05) is 19.1 Å². The fourth-order valence-electron chi connectivity index (χ4n) is 3.53. The third-order valence-corrected chi connectivity index (χ3v) is 5.85. The summed E-state index contributed by atoms with van der Waals surface area (Å²) in [5.74, 6) is 2.24. The Morgan fingerprint density at radius 2 is 2.24 bits per heavy atom.